The van der Waals surface area contributed by atoms with Gasteiger partial charge in [-0.1, -0.05) is 0 Å². The molecule has 1 aliphatic carbocycles. The predicted molar refractivity (Wildman–Crippen MR) is 104 cm³/mol. The molecule has 148 valence electrons. The van der Waals surface area contributed by atoms with Crippen LogP contribution in [0.5, 0.6) is 0 Å². The third-order valence-electron chi connectivity index (χ3n) is 4.55. The summed E-state index contributed by atoms with van der Waals surface area (Å²) in [5, 5.41) is 32.4. The van der Waals surface area contributed by atoms with Crippen LogP contribution in [-0.4, -0.2) is 83.3 Å². The molecule has 9 nitrogen and oxygen atoms in total. The Balaban J connectivity index is 2.09. The van der Waals surface area contributed by atoms with Crippen LogP contribution in [0.4, 0.5) is 11.4 Å². The Morgan fingerprint density at radius 3 is 2.04 bits per heavy atom. The van der Waals surface area contributed by atoms with Gasteiger partial charge in [0, 0.05) is 24.5 Å². The summed E-state index contributed by atoms with van der Waals surface area (Å²) in [6.07, 6.45) is 2.58. The van der Waals surface area contributed by atoms with Crippen molar-refractivity contribution in [3.05, 3.63) is 46.8 Å². The third kappa shape index (κ3) is 3.72. The summed E-state index contributed by atoms with van der Waals surface area (Å²) < 4.78 is 0. The molecule has 2 aromatic rings. The molecule has 0 spiro atoms. The minimum atomic E-state index is -0.656. The van der Waals surface area contributed by atoms with Crippen LogP contribution in [-0.2, 0) is 0 Å². The van der Waals surface area contributed by atoms with Crippen LogP contribution < -0.4 is 10.6 Å². The fraction of sp³-hybridized carbons (Fsp3) is 0.368. The zero-order valence-electron chi connectivity index (χ0n) is 15.8. The van der Waals surface area contributed by atoms with E-state index in [0.717, 1.165) is 6.54 Å². The third-order valence-corrected chi connectivity index (χ3v) is 4.55. The minimum absolute atomic E-state index is 0.186. The van der Waals surface area contributed by atoms with Gasteiger partial charge in [-0.05, 0) is 26.2 Å². The van der Waals surface area contributed by atoms with Crippen LogP contribution in [0, 0.1) is 0 Å². The van der Waals surface area contributed by atoms with E-state index in [1.165, 1.54) is 12.4 Å². The molecule has 3 rings (SSSR count). The van der Waals surface area contributed by atoms with Crippen molar-refractivity contribution in [2.75, 3.05) is 51.0 Å². The number of hydrogen-bond donors (Lipinski definition) is 4. The Labute approximate surface area is 162 Å². The molecule has 1 heterocycles. The lowest BCUT2D eigenvalue weighted by Crippen LogP contribution is -2.31. The molecule has 0 saturated carbocycles. The molecule has 0 aliphatic heterocycles. The molecule has 4 N–H and O–H groups in total. The summed E-state index contributed by atoms with van der Waals surface area (Å²) in [6.45, 7) is 0.692. The molecule has 1 aromatic carbocycles. The Kier molecular flexibility index (Phi) is 5.98. The van der Waals surface area contributed by atoms with Crippen LogP contribution in [0.15, 0.2) is 24.5 Å². The van der Waals surface area contributed by atoms with Gasteiger partial charge < -0.3 is 25.7 Å². The highest BCUT2D eigenvalue weighted by molar-refractivity contribution is 6.31. The SMILES string of the molecule is CN(C)CCNc1ccc(NC(CO)CO)c2c1C(=O)c1cnncc1C2=O. The first-order valence-corrected chi connectivity index (χ1v) is 8.91. The Hall–Kier alpha value is -2.88. The van der Waals surface area contributed by atoms with E-state index >= 15 is 0 Å². The van der Waals surface area contributed by atoms with Crippen LogP contribution in [0.2, 0.25) is 0 Å². The maximum absolute atomic E-state index is 13.2. The first-order valence-electron chi connectivity index (χ1n) is 8.91. The monoisotopic (exact) mass is 385 g/mol. The summed E-state index contributed by atoms with van der Waals surface area (Å²) in [5.74, 6) is -0.673. The van der Waals surface area contributed by atoms with E-state index in [0.29, 0.717) is 17.9 Å². The van der Waals surface area contributed by atoms with Crippen molar-refractivity contribution < 1.29 is 19.8 Å². The van der Waals surface area contributed by atoms with Gasteiger partial charge in [0.05, 0.1) is 53.9 Å². The summed E-state index contributed by atoms with van der Waals surface area (Å²) >= 11 is 0. The second-order valence-electron chi connectivity index (χ2n) is 6.82. The molecule has 0 radical (unpaired) electrons. The molecule has 0 amide bonds. The van der Waals surface area contributed by atoms with E-state index in [1.807, 2.05) is 19.0 Å². The molecule has 1 aromatic heterocycles. The zero-order chi connectivity index (χ0) is 20.3. The number of carbonyl (C=O) groups is 2. The van der Waals surface area contributed by atoms with Crippen LogP contribution in [0.3, 0.4) is 0 Å². The Morgan fingerprint density at radius 2 is 1.50 bits per heavy atom. The smallest absolute Gasteiger partial charge is 0.198 e. The second kappa shape index (κ2) is 8.42. The lowest BCUT2D eigenvalue weighted by molar-refractivity contribution is 0.0979. The number of fused-ring (bicyclic) bond motifs is 2. The molecule has 0 unspecified atom stereocenters. The fourth-order valence-corrected chi connectivity index (χ4v) is 3.08. The van der Waals surface area contributed by atoms with E-state index in [9.17, 15) is 19.8 Å². The van der Waals surface area contributed by atoms with Gasteiger partial charge in [-0.2, -0.15) is 10.2 Å². The number of nitrogens with zero attached hydrogens (tertiary/aromatic N) is 3. The molecular formula is C19H23N5O4. The predicted octanol–water partition coefficient (Wildman–Crippen LogP) is -0.00940. The summed E-state index contributed by atoms with van der Waals surface area (Å²) in [5.41, 5.74) is 1.78. The van der Waals surface area contributed by atoms with Crippen LogP contribution in [0.25, 0.3) is 0 Å². The number of anilines is 2. The number of aliphatic hydroxyl groups is 2. The van der Waals surface area contributed by atoms with E-state index < -0.39 is 6.04 Å². The minimum Gasteiger partial charge on any atom is -0.394 e. The first kappa shape index (κ1) is 19.9. The summed E-state index contributed by atoms with van der Waals surface area (Å²) in [4.78, 5) is 28.3. The van der Waals surface area contributed by atoms with Crippen LogP contribution in [0.1, 0.15) is 31.8 Å². The van der Waals surface area contributed by atoms with Gasteiger partial charge in [0.1, 0.15) is 0 Å². The first-order chi connectivity index (χ1) is 13.5. The number of hydrogen-bond acceptors (Lipinski definition) is 9. The number of nitrogens with one attached hydrogen (secondary N) is 2. The topological polar surface area (TPSA) is 128 Å². The molecular weight excluding hydrogens is 362 g/mol. The number of benzene rings is 1. The average molecular weight is 385 g/mol. The summed E-state index contributed by atoms with van der Waals surface area (Å²) in [7, 11) is 3.88. The van der Waals surface area contributed by atoms with E-state index in [2.05, 4.69) is 20.8 Å². The van der Waals surface area contributed by atoms with Crippen molar-refractivity contribution in [1.82, 2.24) is 15.1 Å². The van der Waals surface area contributed by atoms with Gasteiger partial charge in [0.15, 0.2) is 11.6 Å². The average Bonchev–Trinajstić information content (AvgIpc) is 2.70. The fourth-order valence-electron chi connectivity index (χ4n) is 3.08. The highest BCUT2D eigenvalue weighted by atomic mass is 16.3. The highest BCUT2D eigenvalue weighted by Crippen LogP contribution is 2.36. The number of ketones is 2. The molecule has 0 saturated heterocycles. The molecule has 1 aliphatic rings. The highest BCUT2D eigenvalue weighted by Gasteiger charge is 2.34. The van der Waals surface area contributed by atoms with Gasteiger partial charge in [-0.15, -0.1) is 0 Å². The molecule has 9 heteroatoms. The molecule has 0 bridgehead atoms. The lowest BCUT2D eigenvalue weighted by Gasteiger charge is -2.25. The summed E-state index contributed by atoms with van der Waals surface area (Å²) in [6, 6.07) is 2.73. The van der Waals surface area contributed by atoms with Crippen molar-refractivity contribution >= 4 is 22.9 Å². The van der Waals surface area contributed by atoms with Gasteiger partial charge >= 0.3 is 0 Å². The Bertz CT molecular complexity index is 896. The standard InChI is InChI=1S/C19H23N5O4/c1-24(2)6-5-20-14-3-4-15(23-11(9-25)10-26)17-16(14)18(27)12-7-21-22-8-13(12)19(17)28/h3-4,7-8,11,20,23,25-26H,5-6,9-10H2,1-2H3. The number of carbonyl (C=O) groups excluding carboxylic acids is 2. The number of likely N-dealkylation sites (N-methyl/N-ethyl adjacent to an activating group) is 1. The van der Waals surface area contributed by atoms with E-state index in [1.54, 1.807) is 12.1 Å². The second-order valence-corrected chi connectivity index (χ2v) is 6.82. The zero-order valence-corrected chi connectivity index (χ0v) is 15.8. The maximum Gasteiger partial charge on any atom is 0.198 e. The van der Waals surface area contributed by atoms with E-state index in [4.69, 9.17) is 0 Å². The number of aromatic nitrogens is 2. The van der Waals surface area contributed by atoms with Crippen molar-refractivity contribution in [2.24, 2.45) is 0 Å². The van der Waals surface area contributed by atoms with Crippen molar-refractivity contribution in [3.63, 3.8) is 0 Å². The van der Waals surface area contributed by atoms with E-state index in [-0.39, 0.29) is 47.0 Å². The van der Waals surface area contributed by atoms with Crippen molar-refractivity contribution in [3.8, 4) is 0 Å². The number of aliphatic hydroxyl groups excluding tert-OH is 2. The van der Waals surface area contributed by atoms with Gasteiger partial charge in [-0.25, -0.2) is 0 Å². The normalized spacial score (nSPS) is 12.9. The quantitative estimate of drug-likeness (QED) is 0.423. The number of rotatable bonds is 8. The van der Waals surface area contributed by atoms with Gasteiger partial charge in [0.2, 0.25) is 0 Å². The van der Waals surface area contributed by atoms with Crippen molar-refractivity contribution in [1.29, 1.82) is 0 Å². The molecule has 0 atom stereocenters. The molecule has 28 heavy (non-hydrogen) atoms. The lowest BCUT2D eigenvalue weighted by atomic mass is 9.83. The molecule has 0 fully saturated rings. The largest absolute Gasteiger partial charge is 0.394 e. The van der Waals surface area contributed by atoms with Crippen LogP contribution >= 0.6 is 0 Å². The maximum atomic E-state index is 13.2. The van der Waals surface area contributed by atoms with Gasteiger partial charge in [-0.3, -0.25) is 9.59 Å². The van der Waals surface area contributed by atoms with Crippen molar-refractivity contribution in [2.45, 2.75) is 6.04 Å². The van der Waals surface area contributed by atoms with Gasteiger partial charge in [0.25, 0.3) is 0 Å². The Morgan fingerprint density at radius 1 is 0.964 bits per heavy atom.